The highest BCUT2D eigenvalue weighted by Crippen LogP contribution is 2.13. The van der Waals surface area contributed by atoms with Crippen LogP contribution in [0, 0.1) is 0 Å². The first-order valence-corrected chi connectivity index (χ1v) is 9.58. The number of likely N-dealkylation sites (N-methyl/N-ethyl adjacent to an activating group) is 1. The Morgan fingerprint density at radius 2 is 2.04 bits per heavy atom. The van der Waals surface area contributed by atoms with Crippen LogP contribution in [0.15, 0.2) is 24.3 Å². The Morgan fingerprint density at radius 3 is 2.71 bits per heavy atom. The van der Waals surface area contributed by atoms with Gasteiger partial charge in [0.05, 0.1) is 12.7 Å². The van der Waals surface area contributed by atoms with Crippen LogP contribution >= 0.6 is 0 Å². The molecule has 136 valence electrons. The van der Waals surface area contributed by atoms with Gasteiger partial charge >= 0.3 is 0 Å². The molecule has 0 spiro atoms. The Balaban J connectivity index is 1.56. The number of hydrogen-bond acceptors (Lipinski definition) is 4. The summed E-state index contributed by atoms with van der Waals surface area (Å²) in [5.74, 6) is 0.973. The maximum atomic E-state index is 5.73. The Bertz CT molecular complexity index is 430. The van der Waals surface area contributed by atoms with Gasteiger partial charge < -0.3 is 14.8 Å². The lowest BCUT2D eigenvalue weighted by molar-refractivity contribution is 0.0752. The molecule has 1 N–H and O–H groups in total. The normalized spacial score (nSPS) is 17.5. The zero-order valence-electron chi connectivity index (χ0n) is 15.4. The molecular weight excluding hydrogens is 300 g/mol. The van der Waals surface area contributed by atoms with Gasteiger partial charge in [-0.25, -0.2) is 0 Å². The van der Waals surface area contributed by atoms with Crippen LogP contribution in [0.4, 0.5) is 0 Å². The van der Waals surface area contributed by atoms with Crippen LogP contribution in [0.1, 0.15) is 38.7 Å². The quantitative estimate of drug-likeness (QED) is 0.596. The standard InChI is InChI=1S/C20H34N2O2/c1-3-15-23-19-9-7-18(8-10-19)11-12-21-13-14-22(4-2)17-20-6-5-16-24-20/h7-10,20-21H,3-6,11-17H2,1-2H3. The first kappa shape index (κ1) is 19.2. The van der Waals surface area contributed by atoms with Gasteiger partial charge in [0, 0.05) is 26.2 Å². The Morgan fingerprint density at radius 1 is 1.21 bits per heavy atom. The molecule has 1 saturated heterocycles. The van der Waals surface area contributed by atoms with E-state index in [9.17, 15) is 0 Å². The fraction of sp³-hybridized carbons (Fsp3) is 0.700. The van der Waals surface area contributed by atoms with Crippen molar-refractivity contribution >= 4 is 0 Å². The van der Waals surface area contributed by atoms with E-state index in [2.05, 4.69) is 48.3 Å². The number of benzene rings is 1. The molecule has 1 unspecified atom stereocenters. The zero-order chi connectivity index (χ0) is 17.0. The third kappa shape index (κ3) is 7.20. The summed E-state index contributed by atoms with van der Waals surface area (Å²) in [6, 6.07) is 8.49. The lowest BCUT2D eigenvalue weighted by Gasteiger charge is -2.23. The number of ether oxygens (including phenoxy) is 2. The molecule has 1 aliphatic rings. The van der Waals surface area contributed by atoms with Gasteiger partial charge in [0.15, 0.2) is 0 Å². The van der Waals surface area contributed by atoms with Crippen molar-refractivity contribution in [2.24, 2.45) is 0 Å². The van der Waals surface area contributed by atoms with Crippen LogP contribution in [0.25, 0.3) is 0 Å². The topological polar surface area (TPSA) is 33.7 Å². The fourth-order valence-corrected chi connectivity index (χ4v) is 3.02. The molecule has 0 aromatic heterocycles. The average Bonchev–Trinajstić information content (AvgIpc) is 3.12. The molecule has 4 nitrogen and oxygen atoms in total. The zero-order valence-corrected chi connectivity index (χ0v) is 15.4. The van der Waals surface area contributed by atoms with Gasteiger partial charge in [0.1, 0.15) is 5.75 Å². The second-order valence-corrected chi connectivity index (χ2v) is 6.52. The van der Waals surface area contributed by atoms with Crippen molar-refractivity contribution in [1.29, 1.82) is 0 Å². The molecule has 1 aromatic carbocycles. The van der Waals surface area contributed by atoms with E-state index in [-0.39, 0.29) is 0 Å². The van der Waals surface area contributed by atoms with Gasteiger partial charge in [0.25, 0.3) is 0 Å². The molecule has 1 fully saturated rings. The predicted molar refractivity (Wildman–Crippen MR) is 99.9 cm³/mol. The molecule has 0 radical (unpaired) electrons. The van der Waals surface area contributed by atoms with Crippen molar-refractivity contribution in [3.63, 3.8) is 0 Å². The third-order valence-corrected chi connectivity index (χ3v) is 4.52. The molecule has 1 atom stereocenters. The van der Waals surface area contributed by atoms with Gasteiger partial charge in [-0.05, 0) is 56.5 Å². The summed E-state index contributed by atoms with van der Waals surface area (Å²) >= 11 is 0. The first-order chi connectivity index (χ1) is 11.8. The summed E-state index contributed by atoms with van der Waals surface area (Å²) in [5, 5.41) is 3.56. The van der Waals surface area contributed by atoms with Crippen molar-refractivity contribution in [2.45, 2.75) is 45.6 Å². The van der Waals surface area contributed by atoms with E-state index < -0.39 is 0 Å². The summed E-state index contributed by atoms with van der Waals surface area (Å²) < 4.78 is 11.3. The largest absolute Gasteiger partial charge is 0.494 e. The minimum absolute atomic E-state index is 0.457. The number of rotatable bonds is 12. The monoisotopic (exact) mass is 334 g/mol. The summed E-state index contributed by atoms with van der Waals surface area (Å²) in [6.45, 7) is 11.4. The van der Waals surface area contributed by atoms with E-state index in [1.54, 1.807) is 0 Å². The Labute approximate surface area is 147 Å². The van der Waals surface area contributed by atoms with E-state index in [4.69, 9.17) is 9.47 Å². The minimum Gasteiger partial charge on any atom is -0.494 e. The van der Waals surface area contributed by atoms with Gasteiger partial charge in [-0.2, -0.15) is 0 Å². The lowest BCUT2D eigenvalue weighted by Crippen LogP contribution is -2.37. The van der Waals surface area contributed by atoms with Crippen molar-refractivity contribution < 1.29 is 9.47 Å². The maximum absolute atomic E-state index is 5.73. The highest BCUT2D eigenvalue weighted by atomic mass is 16.5. The van der Waals surface area contributed by atoms with E-state index >= 15 is 0 Å². The second-order valence-electron chi connectivity index (χ2n) is 6.52. The SMILES string of the molecule is CCCOc1ccc(CCNCCN(CC)CC2CCCO2)cc1. The van der Waals surface area contributed by atoms with Gasteiger partial charge in [-0.1, -0.05) is 26.0 Å². The van der Waals surface area contributed by atoms with Crippen LogP contribution in [0.2, 0.25) is 0 Å². The van der Waals surface area contributed by atoms with Crippen LogP contribution in [-0.2, 0) is 11.2 Å². The molecule has 0 saturated carbocycles. The number of nitrogens with one attached hydrogen (secondary N) is 1. The van der Waals surface area contributed by atoms with Crippen molar-refractivity contribution in [3.8, 4) is 5.75 Å². The Kier molecular flexibility index (Phi) is 9.18. The van der Waals surface area contributed by atoms with Gasteiger partial charge in [0.2, 0.25) is 0 Å². The molecule has 24 heavy (non-hydrogen) atoms. The highest BCUT2D eigenvalue weighted by Gasteiger charge is 2.17. The van der Waals surface area contributed by atoms with E-state index in [0.29, 0.717) is 6.10 Å². The molecule has 0 bridgehead atoms. The summed E-state index contributed by atoms with van der Waals surface area (Å²) in [4.78, 5) is 2.49. The van der Waals surface area contributed by atoms with Crippen LogP contribution in [-0.4, -0.2) is 56.9 Å². The molecular formula is C20H34N2O2. The van der Waals surface area contributed by atoms with Gasteiger partial charge in [-0.3, -0.25) is 4.90 Å². The third-order valence-electron chi connectivity index (χ3n) is 4.52. The van der Waals surface area contributed by atoms with Gasteiger partial charge in [-0.15, -0.1) is 0 Å². The first-order valence-electron chi connectivity index (χ1n) is 9.58. The minimum atomic E-state index is 0.457. The van der Waals surface area contributed by atoms with E-state index in [1.165, 1.54) is 18.4 Å². The van der Waals surface area contributed by atoms with Crippen LogP contribution in [0.5, 0.6) is 5.75 Å². The molecule has 4 heteroatoms. The highest BCUT2D eigenvalue weighted by molar-refractivity contribution is 5.27. The maximum Gasteiger partial charge on any atom is 0.119 e. The summed E-state index contributed by atoms with van der Waals surface area (Å²) in [5.41, 5.74) is 1.36. The fourth-order valence-electron chi connectivity index (χ4n) is 3.02. The molecule has 0 amide bonds. The van der Waals surface area contributed by atoms with Crippen molar-refractivity contribution in [1.82, 2.24) is 10.2 Å². The summed E-state index contributed by atoms with van der Waals surface area (Å²) in [7, 11) is 0. The van der Waals surface area contributed by atoms with E-state index in [0.717, 1.165) is 64.5 Å². The van der Waals surface area contributed by atoms with Crippen LogP contribution < -0.4 is 10.1 Å². The molecule has 1 heterocycles. The van der Waals surface area contributed by atoms with Crippen molar-refractivity contribution in [3.05, 3.63) is 29.8 Å². The second kappa shape index (κ2) is 11.5. The Hall–Kier alpha value is -1.10. The number of nitrogens with zero attached hydrogens (tertiary/aromatic N) is 1. The number of hydrogen-bond donors (Lipinski definition) is 1. The van der Waals surface area contributed by atoms with Crippen LogP contribution in [0.3, 0.4) is 0 Å². The molecule has 0 aliphatic carbocycles. The van der Waals surface area contributed by atoms with Crippen molar-refractivity contribution in [2.75, 3.05) is 45.9 Å². The smallest absolute Gasteiger partial charge is 0.119 e. The average molecular weight is 335 g/mol. The summed E-state index contributed by atoms with van der Waals surface area (Å²) in [6.07, 6.45) is 5.02. The predicted octanol–water partition coefficient (Wildman–Crippen LogP) is 3.11. The molecule has 2 rings (SSSR count). The van der Waals surface area contributed by atoms with E-state index in [1.807, 2.05) is 0 Å². The lowest BCUT2D eigenvalue weighted by atomic mass is 10.1. The molecule has 1 aromatic rings. The molecule has 1 aliphatic heterocycles.